The van der Waals surface area contributed by atoms with Gasteiger partial charge in [-0.05, 0) is 30.9 Å². The molecule has 0 N–H and O–H groups in total. The third kappa shape index (κ3) is 5.68. The number of sulfone groups is 1. The molecule has 3 rings (SSSR count). The van der Waals surface area contributed by atoms with Gasteiger partial charge in [0.2, 0.25) is 15.0 Å². The smallest absolute Gasteiger partial charge is 0.228 e. The van der Waals surface area contributed by atoms with Crippen LogP contribution in [0.5, 0.6) is 0 Å². The third-order valence-electron chi connectivity index (χ3n) is 5.40. The van der Waals surface area contributed by atoms with E-state index >= 15 is 0 Å². The van der Waals surface area contributed by atoms with E-state index < -0.39 is 9.84 Å². The van der Waals surface area contributed by atoms with Gasteiger partial charge in [-0.25, -0.2) is 13.4 Å². The molecule has 1 saturated heterocycles. The van der Waals surface area contributed by atoms with Gasteiger partial charge in [0.05, 0.1) is 24.3 Å². The highest BCUT2D eigenvalue weighted by atomic mass is 32.2. The van der Waals surface area contributed by atoms with Gasteiger partial charge in [-0.1, -0.05) is 50.6 Å². The number of likely N-dealkylation sites (tertiary alicyclic amines) is 1. The van der Waals surface area contributed by atoms with E-state index in [4.69, 9.17) is 4.74 Å². The zero-order chi connectivity index (χ0) is 20.9. The lowest BCUT2D eigenvalue weighted by Crippen LogP contribution is -2.42. The average molecular weight is 420 g/mol. The number of piperidine rings is 1. The van der Waals surface area contributed by atoms with E-state index in [2.05, 4.69) is 23.7 Å². The van der Waals surface area contributed by atoms with Gasteiger partial charge in [0, 0.05) is 26.2 Å². The third-order valence-corrected chi connectivity index (χ3v) is 7.00. The molecule has 2 heterocycles. The Balaban J connectivity index is 1.88. The summed E-state index contributed by atoms with van der Waals surface area (Å²) in [5.74, 6) is 0.294. The second-order valence-electron chi connectivity index (χ2n) is 8.36. The number of rotatable bonds is 9. The summed E-state index contributed by atoms with van der Waals surface area (Å²) >= 11 is 0. The maximum absolute atomic E-state index is 13.2. The van der Waals surface area contributed by atoms with Gasteiger partial charge >= 0.3 is 0 Å². The van der Waals surface area contributed by atoms with Crippen molar-refractivity contribution in [2.75, 3.05) is 20.3 Å². The van der Waals surface area contributed by atoms with Crippen LogP contribution in [0.4, 0.5) is 0 Å². The van der Waals surface area contributed by atoms with Crippen molar-refractivity contribution in [3.63, 3.8) is 0 Å². The second kappa shape index (κ2) is 9.87. The molecule has 1 aromatic heterocycles. The summed E-state index contributed by atoms with van der Waals surface area (Å²) in [6, 6.07) is 9.68. The van der Waals surface area contributed by atoms with E-state index in [1.807, 2.05) is 34.9 Å². The van der Waals surface area contributed by atoms with Crippen LogP contribution in [0.2, 0.25) is 0 Å². The number of benzene rings is 1. The van der Waals surface area contributed by atoms with Crippen molar-refractivity contribution >= 4 is 9.84 Å². The first-order valence-electron chi connectivity index (χ1n) is 10.4. The standard InChI is InChI=1S/C22H33N3O3S/c1-18(2)14-25-21(15-24-12-8-7-11-20(24)16-28-3)13-23-22(25)29(26,27)17-19-9-5-4-6-10-19/h4-6,9-10,13,18,20H,7-8,11-12,14-17H2,1-3H3/t20-/m0/s1. The lowest BCUT2D eigenvalue weighted by molar-refractivity contribution is 0.0582. The van der Waals surface area contributed by atoms with Crippen molar-refractivity contribution in [3.05, 3.63) is 47.8 Å². The van der Waals surface area contributed by atoms with E-state index in [1.165, 1.54) is 6.42 Å². The van der Waals surface area contributed by atoms with Crippen molar-refractivity contribution < 1.29 is 13.2 Å². The topological polar surface area (TPSA) is 64.4 Å². The first-order valence-corrected chi connectivity index (χ1v) is 12.1. The van der Waals surface area contributed by atoms with Crippen LogP contribution in [0.15, 0.2) is 41.7 Å². The van der Waals surface area contributed by atoms with Crippen LogP contribution in [0, 0.1) is 5.92 Å². The lowest BCUT2D eigenvalue weighted by Gasteiger charge is -2.35. The van der Waals surface area contributed by atoms with Gasteiger partial charge in [0.1, 0.15) is 0 Å². The van der Waals surface area contributed by atoms with Crippen LogP contribution >= 0.6 is 0 Å². The van der Waals surface area contributed by atoms with Crippen molar-refractivity contribution in [3.8, 4) is 0 Å². The van der Waals surface area contributed by atoms with Crippen LogP contribution in [0.1, 0.15) is 44.4 Å². The first-order chi connectivity index (χ1) is 13.9. The van der Waals surface area contributed by atoms with E-state index in [9.17, 15) is 8.42 Å². The highest BCUT2D eigenvalue weighted by Gasteiger charge is 2.27. The Labute approximate surface area is 174 Å². The fourth-order valence-electron chi connectivity index (χ4n) is 4.04. The van der Waals surface area contributed by atoms with Gasteiger partial charge < -0.3 is 9.30 Å². The Morgan fingerprint density at radius 1 is 1.21 bits per heavy atom. The summed E-state index contributed by atoms with van der Waals surface area (Å²) in [7, 11) is -1.78. The van der Waals surface area contributed by atoms with Gasteiger partial charge in [-0.2, -0.15) is 0 Å². The zero-order valence-electron chi connectivity index (χ0n) is 17.8. The summed E-state index contributed by atoms with van der Waals surface area (Å²) in [5, 5.41) is 0.186. The Morgan fingerprint density at radius 2 is 1.97 bits per heavy atom. The number of hydrogen-bond donors (Lipinski definition) is 0. The molecule has 0 spiro atoms. The van der Waals surface area contributed by atoms with Crippen molar-refractivity contribution in [1.82, 2.24) is 14.5 Å². The molecule has 1 aliphatic rings. The normalized spacial score (nSPS) is 18.4. The summed E-state index contributed by atoms with van der Waals surface area (Å²) < 4.78 is 33.6. The summed E-state index contributed by atoms with van der Waals surface area (Å²) in [4.78, 5) is 6.80. The summed E-state index contributed by atoms with van der Waals surface area (Å²) in [6.07, 6.45) is 5.24. The highest BCUT2D eigenvalue weighted by molar-refractivity contribution is 7.90. The molecule has 0 amide bonds. The molecule has 0 bridgehead atoms. The molecule has 160 valence electrons. The molecule has 2 aromatic rings. The SMILES string of the molecule is COC[C@@H]1CCCCN1Cc1cnc(S(=O)(=O)Cc2ccccc2)n1CC(C)C. The van der Waals surface area contributed by atoms with Gasteiger partial charge in [0.25, 0.3) is 0 Å². The van der Waals surface area contributed by atoms with E-state index in [1.54, 1.807) is 13.3 Å². The number of nitrogens with zero attached hydrogens (tertiary/aromatic N) is 3. The van der Waals surface area contributed by atoms with E-state index in [0.717, 1.165) is 30.6 Å². The maximum atomic E-state index is 13.2. The fraction of sp³-hybridized carbons (Fsp3) is 0.591. The molecule has 29 heavy (non-hydrogen) atoms. The first kappa shape index (κ1) is 22.0. The molecule has 7 heteroatoms. The Kier molecular flexibility index (Phi) is 7.49. The molecule has 0 aliphatic carbocycles. The van der Waals surface area contributed by atoms with Gasteiger partial charge in [-0.15, -0.1) is 0 Å². The van der Waals surface area contributed by atoms with Crippen molar-refractivity contribution in [1.29, 1.82) is 0 Å². The number of aromatic nitrogens is 2. The quantitative estimate of drug-likeness (QED) is 0.622. The molecule has 0 radical (unpaired) electrons. The molecule has 1 aromatic carbocycles. The summed E-state index contributed by atoms with van der Waals surface area (Å²) in [5.41, 5.74) is 1.75. The predicted molar refractivity (Wildman–Crippen MR) is 114 cm³/mol. The molecule has 0 unspecified atom stereocenters. The van der Waals surface area contributed by atoms with E-state index in [-0.39, 0.29) is 10.9 Å². The van der Waals surface area contributed by atoms with Crippen LogP contribution < -0.4 is 0 Å². The van der Waals surface area contributed by atoms with E-state index in [0.29, 0.717) is 31.7 Å². The fourth-order valence-corrected chi connectivity index (χ4v) is 5.54. The number of hydrogen-bond acceptors (Lipinski definition) is 5. The zero-order valence-corrected chi connectivity index (χ0v) is 18.6. The number of methoxy groups -OCH3 is 1. The lowest BCUT2D eigenvalue weighted by atomic mass is 10.0. The number of imidazole rings is 1. The van der Waals surface area contributed by atoms with Gasteiger partial charge in [0.15, 0.2) is 0 Å². The largest absolute Gasteiger partial charge is 0.383 e. The van der Waals surface area contributed by atoms with Gasteiger partial charge in [-0.3, -0.25) is 4.90 Å². The second-order valence-corrected chi connectivity index (χ2v) is 10.2. The Morgan fingerprint density at radius 3 is 2.66 bits per heavy atom. The molecular formula is C22H33N3O3S. The molecule has 1 aliphatic heterocycles. The minimum Gasteiger partial charge on any atom is -0.383 e. The molecule has 6 nitrogen and oxygen atoms in total. The summed E-state index contributed by atoms with van der Waals surface area (Å²) in [6.45, 7) is 7.26. The molecule has 1 fully saturated rings. The maximum Gasteiger partial charge on any atom is 0.228 e. The monoisotopic (exact) mass is 419 g/mol. The highest BCUT2D eigenvalue weighted by Crippen LogP contribution is 2.23. The minimum atomic E-state index is -3.52. The van der Waals surface area contributed by atoms with Crippen molar-refractivity contribution in [2.24, 2.45) is 5.92 Å². The predicted octanol–water partition coefficient (Wildman–Crippen LogP) is 3.51. The van der Waals surface area contributed by atoms with Crippen molar-refractivity contribution in [2.45, 2.75) is 63.2 Å². The van der Waals surface area contributed by atoms with Crippen LogP contribution in [-0.4, -0.2) is 49.2 Å². The Bertz CT molecular complexity index is 876. The van der Waals surface area contributed by atoms with Crippen LogP contribution in [0.25, 0.3) is 0 Å². The molecular weight excluding hydrogens is 386 g/mol. The van der Waals surface area contributed by atoms with Crippen LogP contribution in [0.3, 0.4) is 0 Å². The van der Waals surface area contributed by atoms with Crippen LogP contribution in [-0.2, 0) is 33.4 Å². The molecule has 1 atom stereocenters. The minimum absolute atomic E-state index is 0.0294. The Hall–Kier alpha value is -1.70. The number of ether oxygens (including phenoxy) is 1. The molecule has 0 saturated carbocycles. The average Bonchev–Trinajstić information content (AvgIpc) is 3.06.